The van der Waals surface area contributed by atoms with E-state index >= 15 is 0 Å². The quantitative estimate of drug-likeness (QED) is 0.271. The maximum atomic E-state index is 12.8. The van der Waals surface area contributed by atoms with Gasteiger partial charge in [-0.05, 0) is 41.2 Å². The van der Waals surface area contributed by atoms with Crippen molar-refractivity contribution < 1.29 is 29.0 Å². The number of rotatable bonds is 13. The molecule has 0 radical (unpaired) electrons. The molecule has 0 bridgehead atoms. The van der Waals surface area contributed by atoms with Gasteiger partial charge in [-0.1, -0.05) is 92.2 Å². The first kappa shape index (κ1) is 28.8. The van der Waals surface area contributed by atoms with Gasteiger partial charge in [-0.25, -0.2) is 9.59 Å². The van der Waals surface area contributed by atoms with Gasteiger partial charge in [0.2, 0.25) is 5.91 Å². The molecule has 4 rings (SSSR count). The molecule has 3 atom stereocenters. The van der Waals surface area contributed by atoms with Crippen LogP contribution in [0.2, 0.25) is 0 Å². The van der Waals surface area contributed by atoms with Crippen LogP contribution in [0.1, 0.15) is 55.7 Å². The molecule has 1 aliphatic carbocycles. The molecule has 0 aromatic heterocycles. The van der Waals surface area contributed by atoms with Crippen LogP contribution in [0, 0.1) is 0 Å². The van der Waals surface area contributed by atoms with Gasteiger partial charge in [0.05, 0.1) is 12.7 Å². The zero-order valence-electron chi connectivity index (χ0n) is 22.8. The standard InChI is InChI=1S/C32H36N2O6/c1-3-11-23(18-29(35)34-30(31(36)37)21(2)39-19-22-12-5-4-6-13-22)33-32(38)40-20-28-26-16-9-7-14-24(26)25-15-8-10-17-27(25)28/h4-10,12-17,21,23,28,30H,3,11,18-20H2,1-2H3,(H,33,38)(H,34,35)(H,36,37)/t21-,23-,30+/m1/s1. The Morgan fingerprint density at radius 1 is 0.875 bits per heavy atom. The number of carbonyl (C=O) groups is 3. The molecule has 0 heterocycles. The van der Waals surface area contributed by atoms with Crippen molar-refractivity contribution in [2.24, 2.45) is 0 Å². The number of fused-ring (bicyclic) bond motifs is 3. The lowest BCUT2D eigenvalue weighted by Crippen LogP contribution is -2.50. The van der Waals surface area contributed by atoms with Crippen molar-refractivity contribution in [3.05, 3.63) is 95.6 Å². The smallest absolute Gasteiger partial charge is 0.407 e. The molecule has 3 aromatic rings. The Bertz CT molecular complexity index is 1270. The zero-order valence-corrected chi connectivity index (χ0v) is 22.8. The third-order valence-electron chi connectivity index (χ3n) is 7.14. The first-order valence-electron chi connectivity index (χ1n) is 13.7. The Kier molecular flexibility index (Phi) is 9.91. The Labute approximate surface area is 234 Å². The predicted molar refractivity (Wildman–Crippen MR) is 152 cm³/mol. The molecule has 0 aliphatic heterocycles. The second-order valence-corrected chi connectivity index (χ2v) is 10.0. The summed E-state index contributed by atoms with van der Waals surface area (Å²) < 4.78 is 11.3. The van der Waals surface area contributed by atoms with E-state index in [0.717, 1.165) is 34.2 Å². The van der Waals surface area contributed by atoms with Crippen LogP contribution >= 0.6 is 0 Å². The van der Waals surface area contributed by atoms with E-state index < -0.39 is 36.2 Å². The van der Waals surface area contributed by atoms with Crippen molar-refractivity contribution in [1.82, 2.24) is 10.6 Å². The van der Waals surface area contributed by atoms with Gasteiger partial charge >= 0.3 is 12.1 Å². The molecule has 0 spiro atoms. The molecular formula is C32H36N2O6. The number of aliphatic carboxylic acids is 1. The predicted octanol–water partition coefficient (Wildman–Crippen LogP) is 5.26. The molecule has 2 amide bonds. The highest BCUT2D eigenvalue weighted by molar-refractivity contribution is 5.84. The van der Waals surface area contributed by atoms with Gasteiger partial charge in [0.15, 0.2) is 6.04 Å². The van der Waals surface area contributed by atoms with E-state index in [1.807, 2.05) is 61.5 Å². The number of nitrogens with one attached hydrogen (secondary N) is 2. The lowest BCUT2D eigenvalue weighted by Gasteiger charge is -2.24. The first-order chi connectivity index (χ1) is 19.4. The molecule has 3 aromatic carbocycles. The number of benzene rings is 3. The number of ether oxygens (including phenoxy) is 2. The number of hydrogen-bond acceptors (Lipinski definition) is 5. The van der Waals surface area contributed by atoms with E-state index in [0.29, 0.717) is 6.42 Å². The minimum Gasteiger partial charge on any atom is -0.480 e. The number of alkyl carbamates (subject to hydrolysis) is 1. The summed E-state index contributed by atoms with van der Waals surface area (Å²) in [4.78, 5) is 37.5. The van der Waals surface area contributed by atoms with Crippen LogP contribution in [0.4, 0.5) is 4.79 Å². The van der Waals surface area contributed by atoms with Crippen molar-refractivity contribution >= 4 is 18.0 Å². The average molecular weight is 545 g/mol. The average Bonchev–Trinajstić information content (AvgIpc) is 3.27. The number of amides is 2. The molecule has 8 nitrogen and oxygen atoms in total. The van der Waals surface area contributed by atoms with Crippen LogP contribution in [0.3, 0.4) is 0 Å². The van der Waals surface area contributed by atoms with Gasteiger partial charge in [0, 0.05) is 18.4 Å². The largest absolute Gasteiger partial charge is 0.480 e. The Hall–Kier alpha value is -4.17. The summed E-state index contributed by atoms with van der Waals surface area (Å²) >= 11 is 0. The fourth-order valence-corrected chi connectivity index (χ4v) is 5.11. The number of carboxylic acids is 1. The Balaban J connectivity index is 1.31. The second-order valence-electron chi connectivity index (χ2n) is 10.0. The fraction of sp³-hybridized carbons (Fsp3) is 0.344. The number of hydrogen-bond donors (Lipinski definition) is 3. The first-order valence-corrected chi connectivity index (χ1v) is 13.7. The summed E-state index contributed by atoms with van der Waals surface area (Å²) in [6, 6.07) is 23.9. The molecule has 0 saturated heterocycles. The van der Waals surface area contributed by atoms with Crippen molar-refractivity contribution in [2.45, 2.75) is 63.8 Å². The van der Waals surface area contributed by atoms with Crippen LogP contribution in [0.15, 0.2) is 78.9 Å². The molecule has 3 N–H and O–H groups in total. The van der Waals surface area contributed by atoms with Crippen LogP contribution in [-0.2, 0) is 25.7 Å². The number of carbonyl (C=O) groups excluding carboxylic acids is 2. The van der Waals surface area contributed by atoms with Crippen LogP contribution in [0.25, 0.3) is 11.1 Å². The SMILES string of the molecule is CCC[C@H](CC(=O)N[C@H](C(=O)O)[C@@H](C)OCc1ccccc1)NC(=O)OCC1c2ccccc2-c2ccccc21. The van der Waals surface area contributed by atoms with Crippen LogP contribution in [0.5, 0.6) is 0 Å². The van der Waals surface area contributed by atoms with Gasteiger partial charge in [-0.15, -0.1) is 0 Å². The monoisotopic (exact) mass is 544 g/mol. The van der Waals surface area contributed by atoms with Gasteiger partial charge in [-0.2, -0.15) is 0 Å². The van der Waals surface area contributed by atoms with Crippen LogP contribution in [-0.4, -0.2) is 47.9 Å². The van der Waals surface area contributed by atoms with E-state index in [9.17, 15) is 19.5 Å². The minimum atomic E-state index is -1.23. The van der Waals surface area contributed by atoms with Gasteiger partial charge < -0.3 is 25.2 Å². The van der Waals surface area contributed by atoms with Crippen molar-refractivity contribution in [2.75, 3.05) is 6.61 Å². The molecule has 0 saturated carbocycles. The lowest BCUT2D eigenvalue weighted by atomic mass is 9.98. The normalized spacial score (nSPS) is 14.3. The summed E-state index contributed by atoms with van der Waals surface area (Å²) in [5, 5.41) is 15.1. The summed E-state index contributed by atoms with van der Waals surface area (Å²) in [6.45, 7) is 3.95. The molecule has 0 unspecified atom stereocenters. The minimum absolute atomic E-state index is 0.0697. The highest BCUT2D eigenvalue weighted by atomic mass is 16.5. The summed E-state index contributed by atoms with van der Waals surface area (Å²) in [5.41, 5.74) is 5.42. The van der Waals surface area contributed by atoms with Gasteiger partial charge in [0.25, 0.3) is 0 Å². The molecule has 40 heavy (non-hydrogen) atoms. The molecule has 8 heteroatoms. The van der Waals surface area contributed by atoms with Crippen molar-refractivity contribution in [3.8, 4) is 11.1 Å². The van der Waals surface area contributed by atoms with E-state index in [1.54, 1.807) is 6.92 Å². The highest BCUT2D eigenvalue weighted by Crippen LogP contribution is 2.44. The topological polar surface area (TPSA) is 114 Å². The van der Waals surface area contributed by atoms with Gasteiger partial charge in [-0.3, -0.25) is 4.79 Å². The molecular weight excluding hydrogens is 508 g/mol. The summed E-state index contributed by atoms with van der Waals surface area (Å²) in [5.74, 6) is -1.75. The van der Waals surface area contributed by atoms with E-state index in [-0.39, 0.29) is 25.6 Å². The van der Waals surface area contributed by atoms with Crippen molar-refractivity contribution in [1.29, 1.82) is 0 Å². The highest BCUT2D eigenvalue weighted by Gasteiger charge is 2.30. The summed E-state index contributed by atoms with van der Waals surface area (Å²) in [7, 11) is 0. The second kappa shape index (κ2) is 13.8. The maximum Gasteiger partial charge on any atom is 0.407 e. The van der Waals surface area contributed by atoms with Crippen LogP contribution < -0.4 is 10.6 Å². The maximum absolute atomic E-state index is 12.8. The Morgan fingerprint density at radius 3 is 2.08 bits per heavy atom. The third kappa shape index (κ3) is 7.27. The Morgan fingerprint density at radius 2 is 1.48 bits per heavy atom. The third-order valence-corrected chi connectivity index (χ3v) is 7.14. The van der Waals surface area contributed by atoms with E-state index in [2.05, 4.69) is 34.9 Å². The molecule has 1 aliphatic rings. The van der Waals surface area contributed by atoms with E-state index in [1.165, 1.54) is 0 Å². The molecule has 210 valence electrons. The van der Waals surface area contributed by atoms with Gasteiger partial charge in [0.1, 0.15) is 6.61 Å². The zero-order chi connectivity index (χ0) is 28.5. The molecule has 0 fully saturated rings. The fourth-order valence-electron chi connectivity index (χ4n) is 5.11. The summed E-state index contributed by atoms with van der Waals surface area (Å²) in [6.07, 6.45) is -0.188. The van der Waals surface area contributed by atoms with Crippen molar-refractivity contribution in [3.63, 3.8) is 0 Å². The van der Waals surface area contributed by atoms with E-state index in [4.69, 9.17) is 9.47 Å². The number of carboxylic acid groups (broad SMARTS) is 1. The lowest BCUT2D eigenvalue weighted by molar-refractivity contribution is -0.146.